The van der Waals surface area contributed by atoms with Crippen LogP contribution in [0.1, 0.15) is 17.5 Å². The van der Waals surface area contributed by atoms with Crippen LogP contribution in [-0.4, -0.2) is 21.7 Å². The first-order valence-electron chi connectivity index (χ1n) is 6.15. The molecule has 0 spiro atoms. The smallest absolute Gasteiger partial charge is 0.251 e. The third kappa shape index (κ3) is 4.57. The second kappa shape index (κ2) is 7.53. The van der Waals surface area contributed by atoms with E-state index in [0.29, 0.717) is 11.6 Å². The van der Waals surface area contributed by atoms with E-state index in [9.17, 15) is 4.79 Å². The lowest BCUT2D eigenvalue weighted by molar-refractivity contribution is 0.305. The van der Waals surface area contributed by atoms with Gasteiger partial charge in [0.05, 0.1) is 6.61 Å². The van der Waals surface area contributed by atoms with Crippen LogP contribution in [0.4, 0.5) is 0 Å². The molecule has 4 nitrogen and oxygen atoms in total. The summed E-state index contributed by atoms with van der Waals surface area (Å²) >= 11 is 1.48. The Morgan fingerprint density at radius 3 is 2.75 bits per heavy atom. The van der Waals surface area contributed by atoms with Gasteiger partial charge in [-0.3, -0.25) is 4.79 Å². The number of nitrogens with zero attached hydrogens (tertiary/aromatic N) is 1. The first kappa shape index (κ1) is 14.4. The van der Waals surface area contributed by atoms with Crippen LogP contribution < -0.4 is 5.56 Å². The van der Waals surface area contributed by atoms with Crippen LogP contribution in [0.2, 0.25) is 0 Å². The standard InChI is InChI=1S/C15H14N2O2S/c18-10-2-1-3-12-4-6-13(7-5-12)11-20-15-16-9-8-14(19)17-15/h4-9,18H,2,10-11H2,(H,16,17,19). The summed E-state index contributed by atoms with van der Waals surface area (Å²) in [6.45, 7) is 0.0873. The van der Waals surface area contributed by atoms with Crippen molar-refractivity contribution in [1.82, 2.24) is 9.97 Å². The maximum Gasteiger partial charge on any atom is 0.251 e. The summed E-state index contributed by atoms with van der Waals surface area (Å²) in [5, 5.41) is 9.26. The fraction of sp³-hybridized carbons (Fsp3) is 0.200. The predicted molar refractivity (Wildman–Crippen MR) is 79.4 cm³/mol. The molecule has 1 aromatic heterocycles. The second-order valence-corrected chi connectivity index (χ2v) is 4.96. The highest BCUT2D eigenvalue weighted by atomic mass is 32.2. The number of hydrogen-bond donors (Lipinski definition) is 2. The molecule has 0 fully saturated rings. The minimum atomic E-state index is -0.142. The first-order valence-corrected chi connectivity index (χ1v) is 7.13. The molecule has 0 atom stereocenters. The summed E-state index contributed by atoms with van der Waals surface area (Å²) < 4.78 is 0. The van der Waals surface area contributed by atoms with Crippen LogP contribution >= 0.6 is 11.8 Å². The van der Waals surface area contributed by atoms with E-state index in [2.05, 4.69) is 21.8 Å². The zero-order valence-electron chi connectivity index (χ0n) is 10.8. The Morgan fingerprint density at radius 1 is 1.25 bits per heavy atom. The van der Waals surface area contributed by atoms with E-state index < -0.39 is 0 Å². The third-order valence-corrected chi connectivity index (χ3v) is 3.41. The Balaban J connectivity index is 1.94. The summed E-state index contributed by atoms with van der Waals surface area (Å²) in [5.41, 5.74) is 1.92. The van der Waals surface area contributed by atoms with Gasteiger partial charge in [-0.2, -0.15) is 0 Å². The van der Waals surface area contributed by atoms with Crippen molar-refractivity contribution in [1.29, 1.82) is 0 Å². The summed E-state index contributed by atoms with van der Waals surface area (Å²) in [6.07, 6.45) is 1.99. The maximum atomic E-state index is 11.1. The van der Waals surface area contributed by atoms with Gasteiger partial charge in [0.2, 0.25) is 0 Å². The van der Waals surface area contributed by atoms with Crippen molar-refractivity contribution >= 4 is 11.8 Å². The quantitative estimate of drug-likeness (QED) is 0.511. The number of aliphatic hydroxyl groups excluding tert-OH is 1. The van der Waals surface area contributed by atoms with Crippen LogP contribution in [0.25, 0.3) is 0 Å². The van der Waals surface area contributed by atoms with E-state index in [4.69, 9.17) is 5.11 Å². The minimum absolute atomic E-state index is 0.0873. The van der Waals surface area contributed by atoms with Crippen molar-refractivity contribution in [3.05, 3.63) is 58.0 Å². The molecule has 0 aliphatic carbocycles. The van der Waals surface area contributed by atoms with Gasteiger partial charge < -0.3 is 10.1 Å². The SMILES string of the molecule is O=c1ccnc(SCc2ccc(C#CCCO)cc2)[nH]1. The molecule has 2 aromatic rings. The van der Waals surface area contributed by atoms with E-state index in [1.54, 1.807) is 0 Å². The normalized spacial score (nSPS) is 9.85. The van der Waals surface area contributed by atoms with Gasteiger partial charge in [0.1, 0.15) is 0 Å². The number of nitrogens with one attached hydrogen (secondary N) is 1. The summed E-state index contributed by atoms with van der Waals surface area (Å²) in [4.78, 5) is 17.9. The summed E-state index contributed by atoms with van der Waals surface area (Å²) in [5.74, 6) is 6.59. The highest BCUT2D eigenvalue weighted by Crippen LogP contribution is 2.17. The second-order valence-electron chi connectivity index (χ2n) is 4.00. The number of aliphatic hydroxyl groups is 1. The molecule has 2 rings (SSSR count). The van der Waals surface area contributed by atoms with Crippen LogP contribution in [0.15, 0.2) is 46.5 Å². The summed E-state index contributed by atoms with van der Waals surface area (Å²) in [7, 11) is 0. The van der Waals surface area contributed by atoms with Gasteiger partial charge in [0.15, 0.2) is 5.16 Å². The van der Waals surface area contributed by atoms with E-state index in [1.165, 1.54) is 24.0 Å². The molecule has 0 radical (unpaired) electrons. The van der Waals surface area contributed by atoms with Crippen molar-refractivity contribution in [3.63, 3.8) is 0 Å². The van der Waals surface area contributed by atoms with Gasteiger partial charge in [0.25, 0.3) is 5.56 Å². The van der Waals surface area contributed by atoms with Crippen LogP contribution in [0.5, 0.6) is 0 Å². The van der Waals surface area contributed by atoms with Crippen LogP contribution in [-0.2, 0) is 5.75 Å². The largest absolute Gasteiger partial charge is 0.395 e. The van der Waals surface area contributed by atoms with Crippen molar-refractivity contribution in [2.75, 3.05) is 6.61 Å². The number of thioether (sulfide) groups is 1. The molecule has 0 saturated heterocycles. The van der Waals surface area contributed by atoms with Gasteiger partial charge in [-0.05, 0) is 17.7 Å². The van der Waals surface area contributed by atoms with E-state index in [1.807, 2.05) is 24.3 Å². The molecule has 0 saturated carbocycles. The number of aromatic amines is 1. The number of hydrogen-bond acceptors (Lipinski definition) is 4. The van der Waals surface area contributed by atoms with Crippen molar-refractivity contribution in [2.24, 2.45) is 0 Å². The van der Waals surface area contributed by atoms with Gasteiger partial charge in [-0.15, -0.1) is 0 Å². The first-order chi connectivity index (χ1) is 9.78. The Labute approximate surface area is 121 Å². The average Bonchev–Trinajstić information content (AvgIpc) is 2.47. The Bertz CT molecular complexity index is 669. The molecule has 1 heterocycles. The van der Waals surface area contributed by atoms with E-state index in [0.717, 1.165) is 16.9 Å². The van der Waals surface area contributed by atoms with Crippen LogP contribution in [0, 0.1) is 11.8 Å². The van der Waals surface area contributed by atoms with E-state index >= 15 is 0 Å². The predicted octanol–water partition coefficient (Wildman–Crippen LogP) is 1.80. The molecule has 0 bridgehead atoms. The van der Waals surface area contributed by atoms with Gasteiger partial charge in [0, 0.05) is 30.0 Å². The summed E-state index contributed by atoms with van der Waals surface area (Å²) in [6, 6.07) is 9.28. The molecular formula is C15H14N2O2S. The molecule has 0 unspecified atom stereocenters. The lowest BCUT2D eigenvalue weighted by atomic mass is 10.1. The molecule has 20 heavy (non-hydrogen) atoms. The maximum absolute atomic E-state index is 11.1. The molecular weight excluding hydrogens is 272 g/mol. The van der Waals surface area contributed by atoms with Gasteiger partial charge in [-0.25, -0.2) is 4.98 Å². The molecule has 5 heteroatoms. The van der Waals surface area contributed by atoms with Crippen molar-refractivity contribution < 1.29 is 5.11 Å². The lowest BCUT2D eigenvalue weighted by Crippen LogP contribution is -2.05. The van der Waals surface area contributed by atoms with Crippen LogP contribution in [0.3, 0.4) is 0 Å². The monoisotopic (exact) mass is 286 g/mol. The van der Waals surface area contributed by atoms with Gasteiger partial charge in [-0.1, -0.05) is 35.7 Å². The number of aromatic nitrogens is 2. The Kier molecular flexibility index (Phi) is 5.42. The molecule has 0 aliphatic heterocycles. The average molecular weight is 286 g/mol. The molecule has 1 aromatic carbocycles. The van der Waals surface area contributed by atoms with E-state index in [-0.39, 0.29) is 12.2 Å². The minimum Gasteiger partial charge on any atom is -0.395 e. The fourth-order valence-electron chi connectivity index (χ4n) is 1.48. The Morgan fingerprint density at radius 2 is 2.05 bits per heavy atom. The zero-order valence-corrected chi connectivity index (χ0v) is 11.6. The third-order valence-electron chi connectivity index (χ3n) is 2.45. The zero-order chi connectivity index (χ0) is 14.2. The molecule has 2 N–H and O–H groups in total. The van der Waals surface area contributed by atoms with Crippen molar-refractivity contribution in [2.45, 2.75) is 17.3 Å². The lowest BCUT2D eigenvalue weighted by Gasteiger charge is -2.01. The van der Waals surface area contributed by atoms with Crippen molar-refractivity contribution in [3.8, 4) is 11.8 Å². The highest BCUT2D eigenvalue weighted by Gasteiger charge is 1.98. The highest BCUT2D eigenvalue weighted by molar-refractivity contribution is 7.98. The molecule has 0 aliphatic rings. The Hall–Kier alpha value is -2.03. The topological polar surface area (TPSA) is 66.0 Å². The van der Waals surface area contributed by atoms with Gasteiger partial charge >= 0.3 is 0 Å². The number of benzene rings is 1. The number of H-pyrrole nitrogens is 1. The molecule has 102 valence electrons. The number of rotatable bonds is 4. The fourth-order valence-corrected chi connectivity index (χ4v) is 2.29. The molecule has 0 amide bonds.